The lowest BCUT2D eigenvalue weighted by Crippen LogP contribution is -2.10. The standard InChI is InChI=1S/C66H44N2/c1-3-16-45(17-4-1)49-20-13-21-50(42-49)46-32-37-54(38-33-46)67(55-39-34-48(35-40-55)63-44-52-19-8-9-26-57(52)60-28-11-12-29-61(60)63)56-25-14-22-51(43-56)58-30-15-31-64-65(58)62-41-36-47-18-7-10-27-59(47)66(62)68(64)53-23-5-2-6-24-53/h1-44H. The van der Waals surface area contributed by atoms with Crippen molar-refractivity contribution in [1.29, 1.82) is 0 Å². The third kappa shape index (κ3) is 6.73. The Morgan fingerprint density at radius 3 is 1.57 bits per heavy atom. The number of fused-ring (bicyclic) bond motifs is 8. The first-order valence-electron chi connectivity index (χ1n) is 23.4. The van der Waals surface area contributed by atoms with Crippen molar-refractivity contribution in [2.75, 3.05) is 4.90 Å². The molecule has 0 bridgehead atoms. The van der Waals surface area contributed by atoms with Crippen LogP contribution in [0.5, 0.6) is 0 Å². The quantitative estimate of drug-likeness (QED) is 0.138. The van der Waals surface area contributed by atoms with E-state index in [1.807, 2.05) is 0 Å². The second-order valence-corrected chi connectivity index (χ2v) is 17.7. The summed E-state index contributed by atoms with van der Waals surface area (Å²) in [6, 6.07) is 97.4. The van der Waals surface area contributed by atoms with E-state index in [0.717, 1.165) is 28.3 Å². The number of para-hydroxylation sites is 1. The van der Waals surface area contributed by atoms with Gasteiger partial charge in [-0.2, -0.15) is 0 Å². The summed E-state index contributed by atoms with van der Waals surface area (Å²) < 4.78 is 2.45. The monoisotopic (exact) mass is 864 g/mol. The number of rotatable bonds is 8. The maximum absolute atomic E-state index is 2.45. The Morgan fingerprint density at radius 2 is 0.824 bits per heavy atom. The van der Waals surface area contributed by atoms with Gasteiger partial charge in [-0.05, 0) is 138 Å². The zero-order chi connectivity index (χ0) is 45.0. The molecule has 0 unspecified atom stereocenters. The number of hydrogen-bond donors (Lipinski definition) is 0. The molecule has 1 aromatic heterocycles. The van der Waals surface area contributed by atoms with Crippen molar-refractivity contribution in [3.63, 3.8) is 0 Å². The highest BCUT2D eigenvalue weighted by Gasteiger charge is 2.20. The van der Waals surface area contributed by atoms with Gasteiger partial charge >= 0.3 is 0 Å². The van der Waals surface area contributed by atoms with Crippen LogP contribution in [0.2, 0.25) is 0 Å². The molecule has 13 aromatic rings. The zero-order valence-corrected chi connectivity index (χ0v) is 37.3. The molecule has 0 aliphatic carbocycles. The fourth-order valence-corrected chi connectivity index (χ4v) is 10.6. The molecule has 0 radical (unpaired) electrons. The van der Waals surface area contributed by atoms with Crippen molar-refractivity contribution < 1.29 is 0 Å². The van der Waals surface area contributed by atoms with Crippen molar-refractivity contribution in [3.8, 4) is 50.2 Å². The minimum absolute atomic E-state index is 1.08. The van der Waals surface area contributed by atoms with E-state index in [-0.39, 0.29) is 0 Å². The minimum Gasteiger partial charge on any atom is -0.310 e. The lowest BCUT2D eigenvalue weighted by Gasteiger charge is -2.26. The molecule has 0 spiro atoms. The minimum atomic E-state index is 1.08. The van der Waals surface area contributed by atoms with E-state index in [9.17, 15) is 0 Å². The zero-order valence-electron chi connectivity index (χ0n) is 37.3. The van der Waals surface area contributed by atoms with E-state index in [1.165, 1.54) is 93.1 Å². The first kappa shape index (κ1) is 39.4. The molecule has 0 saturated carbocycles. The summed E-state index contributed by atoms with van der Waals surface area (Å²) in [4.78, 5) is 2.40. The lowest BCUT2D eigenvalue weighted by molar-refractivity contribution is 1.19. The fraction of sp³-hybridized carbons (Fsp3) is 0. The maximum atomic E-state index is 2.45. The fourth-order valence-electron chi connectivity index (χ4n) is 10.6. The molecule has 13 rings (SSSR count). The highest BCUT2D eigenvalue weighted by molar-refractivity contribution is 6.22. The van der Waals surface area contributed by atoms with Gasteiger partial charge in [0, 0.05) is 38.9 Å². The van der Waals surface area contributed by atoms with E-state index in [4.69, 9.17) is 0 Å². The molecule has 318 valence electrons. The normalized spacial score (nSPS) is 11.5. The van der Waals surface area contributed by atoms with E-state index in [0.29, 0.717) is 0 Å². The summed E-state index contributed by atoms with van der Waals surface area (Å²) in [5, 5.41) is 10.0. The van der Waals surface area contributed by atoms with Gasteiger partial charge in [0.2, 0.25) is 0 Å². The van der Waals surface area contributed by atoms with Crippen LogP contribution in [-0.4, -0.2) is 4.57 Å². The first-order valence-corrected chi connectivity index (χ1v) is 23.4. The smallest absolute Gasteiger partial charge is 0.0619 e. The third-order valence-electron chi connectivity index (χ3n) is 13.7. The van der Waals surface area contributed by atoms with E-state index >= 15 is 0 Å². The summed E-state index contributed by atoms with van der Waals surface area (Å²) >= 11 is 0. The second kappa shape index (κ2) is 16.5. The van der Waals surface area contributed by atoms with Gasteiger partial charge in [0.05, 0.1) is 11.0 Å². The molecule has 68 heavy (non-hydrogen) atoms. The van der Waals surface area contributed by atoms with E-state index in [2.05, 4.69) is 276 Å². The van der Waals surface area contributed by atoms with Crippen LogP contribution in [0, 0.1) is 0 Å². The largest absolute Gasteiger partial charge is 0.310 e. The lowest BCUT2D eigenvalue weighted by atomic mass is 9.93. The third-order valence-corrected chi connectivity index (χ3v) is 13.7. The van der Waals surface area contributed by atoms with Gasteiger partial charge in [0.1, 0.15) is 0 Å². The Hall–Kier alpha value is -8.98. The average Bonchev–Trinajstić information content (AvgIpc) is 3.77. The van der Waals surface area contributed by atoms with Crippen molar-refractivity contribution in [3.05, 3.63) is 267 Å². The molecule has 0 amide bonds. The van der Waals surface area contributed by atoms with Crippen molar-refractivity contribution in [2.45, 2.75) is 0 Å². The predicted molar refractivity (Wildman–Crippen MR) is 290 cm³/mol. The average molecular weight is 865 g/mol. The number of nitrogens with zero attached hydrogens (tertiary/aromatic N) is 2. The molecule has 0 saturated heterocycles. The van der Waals surface area contributed by atoms with Crippen molar-refractivity contribution >= 4 is 71.2 Å². The first-order chi connectivity index (χ1) is 33.7. The summed E-state index contributed by atoms with van der Waals surface area (Å²) in [5.41, 5.74) is 16.4. The molecular weight excluding hydrogens is 821 g/mol. The molecule has 0 N–H and O–H groups in total. The number of benzene rings is 12. The van der Waals surface area contributed by atoms with Crippen LogP contribution in [0.15, 0.2) is 267 Å². The Morgan fingerprint density at radius 1 is 0.265 bits per heavy atom. The van der Waals surface area contributed by atoms with Gasteiger partial charge in [-0.15, -0.1) is 0 Å². The second-order valence-electron chi connectivity index (χ2n) is 17.7. The van der Waals surface area contributed by atoms with Crippen molar-refractivity contribution in [1.82, 2.24) is 4.57 Å². The summed E-state index contributed by atoms with van der Waals surface area (Å²) in [7, 11) is 0. The van der Waals surface area contributed by atoms with Crippen LogP contribution < -0.4 is 4.90 Å². The number of aromatic nitrogens is 1. The summed E-state index contributed by atoms with van der Waals surface area (Å²) in [6.45, 7) is 0. The van der Waals surface area contributed by atoms with Crippen LogP contribution in [0.1, 0.15) is 0 Å². The molecule has 0 fully saturated rings. The van der Waals surface area contributed by atoms with Gasteiger partial charge in [0.15, 0.2) is 0 Å². The van der Waals surface area contributed by atoms with Gasteiger partial charge < -0.3 is 9.47 Å². The number of hydrogen-bond acceptors (Lipinski definition) is 1. The van der Waals surface area contributed by atoms with Crippen LogP contribution in [0.3, 0.4) is 0 Å². The van der Waals surface area contributed by atoms with E-state index < -0.39 is 0 Å². The van der Waals surface area contributed by atoms with Crippen LogP contribution >= 0.6 is 0 Å². The van der Waals surface area contributed by atoms with Gasteiger partial charge in [-0.25, -0.2) is 0 Å². The molecule has 2 heteroatoms. The van der Waals surface area contributed by atoms with Crippen molar-refractivity contribution in [2.24, 2.45) is 0 Å². The van der Waals surface area contributed by atoms with E-state index in [1.54, 1.807) is 0 Å². The summed E-state index contributed by atoms with van der Waals surface area (Å²) in [5.74, 6) is 0. The highest BCUT2D eigenvalue weighted by atomic mass is 15.1. The maximum Gasteiger partial charge on any atom is 0.0619 e. The highest BCUT2D eigenvalue weighted by Crippen LogP contribution is 2.44. The number of anilines is 3. The Bertz CT molecular complexity index is 4000. The van der Waals surface area contributed by atoms with Crippen LogP contribution in [0.4, 0.5) is 17.1 Å². The molecule has 0 aliphatic heterocycles. The van der Waals surface area contributed by atoms with Crippen LogP contribution in [-0.2, 0) is 0 Å². The van der Waals surface area contributed by atoms with Crippen LogP contribution in [0.25, 0.3) is 104 Å². The predicted octanol–water partition coefficient (Wildman–Crippen LogP) is 18.4. The Labute approximate surface area is 395 Å². The van der Waals surface area contributed by atoms with Gasteiger partial charge in [-0.1, -0.05) is 200 Å². The van der Waals surface area contributed by atoms with Gasteiger partial charge in [-0.3, -0.25) is 0 Å². The molecule has 0 atom stereocenters. The molecule has 12 aromatic carbocycles. The molecule has 0 aliphatic rings. The Kier molecular flexibility index (Phi) is 9.54. The molecule has 1 heterocycles. The SMILES string of the molecule is c1ccc(-c2cccc(-c3ccc(N(c4ccc(-c5cc6ccccc6c6ccccc56)cc4)c4cccc(-c5cccc6c5c5ccc7ccccc7c5n6-c5ccccc5)c4)cc3)c2)cc1. The van der Waals surface area contributed by atoms with Gasteiger partial charge in [0.25, 0.3) is 0 Å². The molecule has 2 nitrogen and oxygen atoms in total. The summed E-state index contributed by atoms with van der Waals surface area (Å²) in [6.07, 6.45) is 0. The molecular formula is C66H44N2. The Balaban J connectivity index is 0.964. The topological polar surface area (TPSA) is 8.17 Å².